The lowest BCUT2D eigenvalue weighted by Crippen LogP contribution is -2.26. The summed E-state index contributed by atoms with van der Waals surface area (Å²) in [5, 5.41) is 12.6. The SMILES string of the molecule is Cc1ccccc1CCNC(=O)c1cccc(CNc2ncc(N=O)c(NCC3CCC(CN)CC3)n2)c1. The average Bonchev–Trinajstić information content (AvgIpc) is 2.96. The zero-order valence-corrected chi connectivity index (χ0v) is 22.0. The Labute approximate surface area is 224 Å². The first-order chi connectivity index (χ1) is 18.6. The van der Waals surface area contributed by atoms with Crippen molar-refractivity contribution in [2.75, 3.05) is 30.3 Å². The first-order valence-corrected chi connectivity index (χ1v) is 13.4. The zero-order valence-electron chi connectivity index (χ0n) is 22.0. The van der Waals surface area contributed by atoms with E-state index in [0.717, 1.165) is 50.8 Å². The van der Waals surface area contributed by atoms with Gasteiger partial charge in [0.05, 0.1) is 6.20 Å². The van der Waals surface area contributed by atoms with E-state index in [1.807, 2.05) is 30.3 Å². The van der Waals surface area contributed by atoms with E-state index < -0.39 is 0 Å². The van der Waals surface area contributed by atoms with Crippen LogP contribution in [-0.4, -0.2) is 35.5 Å². The average molecular weight is 516 g/mol. The molecule has 0 spiro atoms. The zero-order chi connectivity index (χ0) is 26.7. The lowest BCUT2D eigenvalue weighted by atomic mass is 9.82. The lowest BCUT2D eigenvalue weighted by molar-refractivity contribution is 0.0954. The number of carbonyl (C=O) groups is 1. The number of nitroso groups, excluding NO2 is 1. The Morgan fingerprint density at radius 3 is 2.61 bits per heavy atom. The van der Waals surface area contributed by atoms with Gasteiger partial charge >= 0.3 is 0 Å². The van der Waals surface area contributed by atoms with Crippen LogP contribution in [0.1, 0.15) is 52.7 Å². The monoisotopic (exact) mass is 515 g/mol. The molecular weight excluding hydrogens is 478 g/mol. The van der Waals surface area contributed by atoms with Gasteiger partial charge < -0.3 is 21.7 Å². The van der Waals surface area contributed by atoms with Crippen LogP contribution in [0.15, 0.2) is 59.9 Å². The summed E-state index contributed by atoms with van der Waals surface area (Å²) in [5.74, 6) is 1.86. The highest BCUT2D eigenvalue weighted by molar-refractivity contribution is 5.94. The molecular formula is C29H37N7O2. The normalized spacial score (nSPS) is 17.0. The molecule has 1 fully saturated rings. The van der Waals surface area contributed by atoms with E-state index >= 15 is 0 Å². The van der Waals surface area contributed by atoms with Crippen molar-refractivity contribution in [3.63, 3.8) is 0 Å². The number of amides is 1. The Morgan fingerprint density at radius 1 is 1.05 bits per heavy atom. The number of carbonyl (C=O) groups excluding carboxylic acids is 1. The van der Waals surface area contributed by atoms with Crippen LogP contribution in [0.2, 0.25) is 0 Å². The van der Waals surface area contributed by atoms with Gasteiger partial charge in [-0.3, -0.25) is 4.79 Å². The Kier molecular flexibility index (Phi) is 9.75. The number of hydrogen-bond acceptors (Lipinski definition) is 8. The van der Waals surface area contributed by atoms with E-state index in [0.29, 0.717) is 42.3 Å². The number of nitrogens with zero attached hydrogens (tertiary/aromatic N) is 3. The molecule has 9 nitrogen and oxygen atoms in total. The van der Waals surface area contributed by atoms with Gasteiger partial charge in [0.15, 0.2) is 11.5 Å². The quantitative estimate of drug-likeness (QED) is 0.251. The highest BCUT2D eigenvalue weighted by Crippen LogP contribution is 2.29. The Hall–Kier alpha value is -3.85. The molecule has 1 aliphatic carbocycles. The molecule has 4 rings (SSSR count). The lowest BCUT2D eigenvalue weighted by Gasteiger charge is -2.27. The first kappa shape index (κ1) is 27.2. The standard InChI is InChI=1S/C29H37N7O2/c1-20-5-2-3-7-24(20)13-14-31-28(37)25-8-4-6-23(15-25)18-33-29-34-19-26(36-38)27(35-29)32-17-22-11-9-21(16-30)10-12-22/h2-8,15,19,21-22H,9-14,16-18,30H2,1H3,(H,31,37)(H2,32,33,34,35). The largest absolute Gasteiger partial charge is 0.368 e. The molecule has 0 radical (unpaired) electrons. The minimum absolute atomic E-state index is 0.106. The van der Waals surface area contributed by atoms with Crippen molar-refractivity contribution >= 4 is 23.4 Å². The molecule has 0 saturated heterocycles. The summed E-state index contributed by atoms with van der Waals surface area (Å²) in [5.41, 5.74) is 9.96. The van der Waals surface area contributed by atoms with Gasteiger partial charge in [-0.1, -0.05) is 36.4 Å². The van der Waals surface area contributed by atoms with Crippen molar-refractivity contribution in [3.05, 3.63) is 81.9 Å². The Morgan fingerprint density at radius 2 is 1.84 bits per heavy atom. The molecule has 38 heavy (non-hydrogen) atoms. The highest BCUT2D eigenvalue weighted by Gasteiger charge is 2.20. The first-order valence-electron chi connectivity index (χ1n) is 13.4. The van der Waals surface area contributed by atoms with Gasteiger partial charge in [0.1, 0.15) is 0 Å². The molecule has 200 valence electrons. The number of rotatable bonds is 12. The summed E-state index contributed by atoms with van der Waals surface area (Å²) in [4.78, 5) is 32.7. The second kappa shape index (κ2) is 13.6. The maximum Gasteiger partial charge on any atom is 0.251 e. The van der Waals surface area contributed by atoms with Crippen LogP contribution in [0.5, 0.6) is 0 Å². The van der Waals surface area contributed by atoms with Crippen molar-refractivity contribution in [1.82, 2.24) is 15.3 Å². The van der Waals surface area contributed by atoms with Crippen LogP contribution >= 0.6 is 0 Å². The fourth-order valence-corrected chi connectivity index (χ4v) is 4.88. The summed E-state index contributed by atoms with van der Waals surface area (Å²) < 4.78 is 0. The van der Waals surface area contributed by atoms with Crippen LogP contribution in [0.25, 0.3) is 0 Å². The Bertz CT molecular complexity index is 1230. The van der Waals surface area contributed by atoms with Gasteiger partial charge in [0, 0.05) is 25.2 Å². The third-order valence-electron chi connectivity index (χ3n) is 7.31. The number of benzene rings is 2. The van der Waals surface area contributed by atoms with E-state index in [4.69, 9.17) is 5.73 Å². The van der Waals surface area contributed by atoms with Crippen LogP contribution in [0.4, 0.5) is 17.5 Å². The predicted molar refractivity (Wildman–Crippen MR) is 151 cm³/mol. The molecule has 0 unspecified atom stereocenters. The number of aryl methyl sites for hydroxylation is 1. The van der Waals surface area contributed by atoms with Crippen LogP contribution in [-0.2, 0) is 13.0 Å². The molecule has 1 aromatic heterocycles. The summed E-state index contributed by atoms with van der Waals surface area (Å²) in [7, 11) is 0. The molecule has 1 aliphatic rings. The molecule has 0 aliphatic heterocycles. The number of hydrogen-bond donors (Lipinski definition) is 4. The van der Waals surface area contributed by atoms with Crippen LogP contribution in [0.3, 0.4) is 0 Å². The molecule has 1 saturated carbocycles. The molecule has 5 N–H and O–H groups in total. The van der Waals surface area contributed by atoms with Crippen LogP contribution < -0.4 is 21.7 Å². The Balaban J connectivity index is 1.30. The third-order valence-corrected chi connectivity index (χ3v) is 7.31. The van der Waals surface area contributed by atoms with Crippen molar-refractivity contribution in [2.24, 2.45) is 22.7 Å². The fraction of sp³-hybridized carbons (Fsp3) is 0.414. The maximum absolute atomic E-state index is 12.7. The minimum atomic E-state index is -0.106. The van der Waals surface area contributed by atoms with Gasteiger partial charge in [0.25, 0.3) is 5.91 Å². The topological polar surface area (TPSA) is 134 Å². The molecule has 0 bridgehead atoms. The van der Waals surface area contributed by atoms with Crippen molar-refractivity contribution in [3.8, 4) is 0 Å². The molecule has 1 heterocycles. The fourth-order valence-electron chi connectivity index (χ4n) is 4.88. The number of nitrogens with two attached hydrogens (primary N) is 1. The van der Waals surface area contributed by atoms with Crippen molar-refractivity contribution < 1.29 is 4.79 Å². The van der Waals surface area contributed by atoms with Crippen molar-refractivity contribution in [2.45, 2.75) is 45.6 Å². The summed E-state index contributed by atoms with van der Waals surface area (Å²) in [6.45, 7) is 4.56. The molecule has 2 aromatic carbocycles. The summed E-state index contributed by atoms with van der Waals surface area (Å²) in [6.07, 6.45) is 6.72. The van der Waals surface area contributed by atoms with Gasteiger partial charge in [-0.25, -0.2) is 4.98 Å². The van der Waals surface area contributed by atoms with Crippen LogP contribution in [0, 0.1) is 23.7 Å². The van der Waals surface area contributed by atoms with Gasteiger partial charge in [-0.2, -0.15) is 4.98 Å². The van der Waals surface area contributed by atoms with E-state index in [9.17, 15) is 9.70 Å². The van der Waals surface area contributed by atoms with Gasteiger partial charge in [-0.05, 0) is 91.4 Å². The predicted octanol–water partition coefficient (Wildman–Crippen LogP) is 4.94. The summed E-state index contributed by atoms with van der Waals surface area (Å²) in [6, 6.07) is 15.7. The van der Waals surface area contributed by atoms with E-state index in [1.165, 1.54) is 17.3 Å². The number of aromatic nitrogens is 2. The number of anilines is 2. The smallest absolute Gasteiger partial charge is 0.251 e. The third kappa shape index (κ3) is 7.58. The highest BCUT2D eigenvalue weighted by atomic mass is 16.3. The molecule has 9 heteroatoms. The van der Waals surface area contributed by atoms with Gasteiger partial charge in [-0.15, -0.1) is 4.91 Å². The second-order valence-corrected chi connectivity index (χ2v) is 10.0. The molecule has 3 aromatic rings. The van der Waals surface area contributed by atoms with E-state index in [2.05, 4.69) is 50.2 Å². The number of nitrogens with one attached hydrogen (secondary N) is 3. The van der Waals surface area contributed by atoms with E-state index in [1.54, 1.807) is 6.07 Å². The van der Waals surface area contributed by atoms with E-state index in [-0.39, 0.29) is 11.6 Å². The van der Waals surface area contributed by atoms with Crippen molar-refractivity contribution in [1.29, 1.82) is 0 Å². The van der Waals surface area contributed by atoms with Gasteiger partial charge in [0.2, 0.25) is 5.95 Å². The second-order valence-electron chi connectivity index (χ2n) is 10.0. The maximum atomic E-state index is 12.7. The minimum Gasteiger partial charge on any atom is -0.368 e. The molecule has 1 amide bonds. The summed E-state index contributed by atoms with van der Waals surface area (Å²) >= 11 is 0. The molecule has 0 atom stereocenters.